The van der Waals surface area contributed by atoms with Gasteiger partial charge in [-0.15, -0.1) is 0 Å². The van der Waals surface area contributed by atoms with Crippen LogP contribution in [0.2, 0.25) is 0 Å². The zero-order chi connectivity index (χ0) is 19.1. The molecule has 1 saturated heterocycles. The van der Waals surface area contributed by atoms with Gasteiger partial charge in [-0.3, -0.25) is 9.59 Å². The van der Waals surface area contributed by atoms with Gasteiger partial charge in [-0.05, 0) is 48.6 Å². The van der Waals surface area contributed by atoms with Crippen molar-refractivity contribution in [3.05, 3.63) is 71.8 Å². The summed E-state index contributed by atoms with van der Waals surface area (Å²) in [6.07, 6.45) is 4.87. The van der Waals surface area contributed by atoms with E-state index >= 15 is 0 Å². The monoisotopic (exact) mass is 364 g/mol. The van der Waals surface area contributed by atoms with E-state index in [1.165, 1.54) is 6.08 Å². The van der Waals surface area contributed by atoms with Crippen molar-refractivity contribution in [3.63, 3.8) is 0 Å². The van der Waals surface area contributed by atoms with Crippen molar-refractivity contribution >= 4 is 23.6 Å². The fourth-order valence-electron chi connectivity index (χ4n) is 3.15. The number of nitrogens with one attached hydrogen (secondary N) is 1. The lowest BCUT2D eigenvalue weighted by atomic mass is 9.97. The van der Waals surface area contributed by atoms with Crippen LogP contribution in [0.3, 0.4) is 0 Å². The van der Waals surface area contributed by atoms with Crippen molar-refractivity contribution in [1.29, 1.82) is 0 Å². The molecule has 5 nitrogen and oxygen atoms in total. The predicted octanol–water partition coefficient (Wildman–Crippen LogP) is 3.18. The minimum atomic E-state index is -0.243. The first kappa shape index (κ1) is 18.9. The second-order valence-electron chi connectivity index (χ2n) is 6.73. The van der Waals surface area contributed by atoms with Gasteiger partial charge in [0.25, 0.3) is 5.91 Å². The Kier molecular flexibility index (Phi) is 6.39. The lowest BCUT2D eigenvalue weighted by Crippen LogP contribution is -2.39. The Morgan fingerprint density at radius 2 is 1.81 bits per heavy atom. The molecule has 2 aromatic carbocycles. The summed E-state index contributed by atoms with van der Waals surface area (Å²) >= 11 is 0. The molecule has 140 valence electrons. The molecule has 5 heteroatoms. The van der Waals surface area contributed by atoms with E-state index in [0.29, 0.717) is 24.3 Å². The number of aliphatic hydroxyl groups excluding tert-OH is 1. The number of rotatable bonds is 5. The Morgan fingerprint density at radius 1 is 1.07 bits per heavy atom. The molecule has 0 atom stereocenters. The maximum absolute atomic E-state index is 12.7. The normalized spacial score (nSPS) is 15.1. The van der Waals surface area contributed by atoms with E-state index in [2.05, 4.69) is 5.32 Å². The van der Waals surface area contributed by atoms with Crippen LogP contribution >= 0.6 is 0 Å². The number of nitrogens with zero attached hydrogens (tertiary/aromatic N) is 1. The maximum atomic E-state index is 12.7. The molecule has 1 aliphatic heterocycles. The summed E-state index contributed by atoms with van der Waals surface area (Å²) in [6.45, 7) is 1.49. The lowest BCUT2D eigenvalue weighted by molar-refractivity contribution is -0.111. The van der Waals surface area contributed by atoms with Crippen LogP contribution in [-0.2, 0) is 4.79 Å². The Hall–Kier alpha value is -2.92. The van der Waals surface area contributed by atoms with Crippen LogP contribution in [0.4, 0.5) is 5.69 Å². The minimum absolute atomic E-state index is 0.0395. The highest BCUT2D eigenvalue weighted by Gasteiger charge is 2.23. The summed E-state index contributed by atoms with van der Waals surface area (Å²) in [5.74, 6) is 0.00519. The van der Waals surface area contributed by atoms with Gasteiger partial charge in [0, 0.05) is 37.0 Å². The van der Waals surface area contributed by atoms with Gasteiger partial charge >= 0.3 is 0 Å². The molecule has 0 aliphatic carbocycles. The molecule has 27 heavy (non-hydrogen) atoms. The van der Waals surface area contributed by atoms with Gasteiger partial charge in [0.15, 0.2) is 0 Å². The van der Waals surface area contributed by atoms with E-state index in [1.54, 1.807) is 30.3 Å². The van der Waals surface area contributed by atoms with Gasteiger partial charge in [0.1, 0.15) is 0 Å². The SMILES string of the molecule is O=C(/C=C/c1ccccc1)Nc1cccc(C(=O)N2CCC(CO)CC2)c1. The van der Waals surface area contributed by atoms with Crippen LogP contribution in [0, 0.1) is 5.92 Å². The van der Waals surface area contributed by atoms with Crippen molar-refractivity contribution in [3.8, 4) is 0 Å². The summed E-state index contributed by atoms with van der Waals surface area (Å²) in [5, 5.41) is 12.0. The first-order valence-corrected chi connectivity index (χ1v) is 9.20. The zero-order valence-corrected chi connectivity index (χ0v) is 15.2. The van der Waals surface area contributed by atoms with Gasteiger partial charge < -0.3 is 15.3 Å². The standard InChI is InChI=1S/C22H24N2O3/c25-16-18-11-13-24(14-12-18)22(27)19-7-4-8-20(15-19)23-21(26)10-9-17-5-2-1-3-6-17/h1-10,15,18,25H,11-14,16H2,(H,23,26)/b10-9+. The molecule has 2 amide bonds. The highest BCUT2D eigenvalue weighted by atomic mass is 16.3. The molecule has 1 heterocycles. The van der Waals surface area contributed by atoms with Crippen LogP contribution in [0.5, 0.6) is 0 Å². The molecular weight excluding hydrogens is 340 g/mol. The third-order valence-electron chi connectivity index (χ3n) is 4.76. The number of aliphatic hydroxyl groups is 1. The fraction of sp³-hybridized carbons (Fsp3) is 0.273. The second-order valence-corrected chi connectivity index (χ2v) is 6.73. The molecule has 0 radical (unpaired) electrons. The summed E-state index contributed by atoms with van der Waals surface area (Å²) < 4.78 is 0. The maximum Gasteiger partial charge on any atom is 0.253 e. The largest absolute Gasteiger partial charge is 0.396 e. The molecule has 2 N–H and O–H groups in total. The highest BCUT2D eigenvalue weighted by molar-refractivity contribution is 6.03. The van der Waals surface area contributed by atoms with Gasteiger partial charge in [0.2, 0.25) is 5.91 Å². The Morgan fingerprint density at radius 3 is 2.52 bits per heavy atom. The predicted molar refractivity (Wildman–Crippen MR) is 106 cm³/mol. The van der Waals surface area contributed by atoms with Crippen LogP contribution < -0.4 is 5.32 Å². The van der Waals surface area contributed by atoms with E-state index in [-0.39, 0.29) is 24.3 Å². The van der Waals surface area contributed by atoms with Crippen molar-refractivity contribution < 1.29 is 14.7 Å². The highest BCUT2D eigenvalue weighted by Crippen LogP contribution is 2.20. The molecular formula is C22H24N2O3. The number of carbonyl (C=O) groups excluding carboxylic acids is 2. The van der Waals surface area contributed by atoms with Crippen LogP contribution in [0.15, 0.2) is 60.7 Å². The average molecular weight is 364 g/mol. The van der Waals surface area contributed by atoms with E-state index < -0.39 is 0 Å². The minimum Gasteiger partial charge on any atom is -0.396 e. The zero-order valence-electron chi connectivity index (χ0n) is 15.2. The summed E-state index contributed by atoms with van der Waals surface area (Å²) in [5.41, 5.74) is 2.10. The molecule has 0 aromatic heterocycles. The van der Waals surface area contributed by atoms with Crippen LogP contribution in [0.25, 0.3) is 6.08 Å². The number of carbonyl (C=O) groups is 2. The molecule has 0 spiro atoms. The van der Waals surface area contributed by atoms with Crippen LogP contribution in [0.1, 0.15) is 28.8 Å². The Bertz CT molecular complexity index is 809. The molecule has 1 aliphatic rings. The molecule has 3 rings (SSSR count). The number of amides is 2. The first-order valence-electron chi connectivity index (χ1n) is 9.20. The molecule has 2 aromatic rings. The van der Waals surface area contributed by atoms with Gasteiger partial charge in [-0.2, -0.15) is 0 Å². The number of hydrogen-bond acceptors (Lipinski definition) is 3. The number of hydrogen-bond donors (Lipinski definition) is 2. The molecule has 0 saturated carbocycles. The third-order valence-corrected chi connectivity index (χ3v) is 4.76. The van der Waals surface area contributed by atoms with E-state index in [4.69, 9.17) is 0 Å². The van der Waals surface area contributed by atoms with Crippen molar-refractivity contribution in [2.24, 2.45) is 5.92 Å². The fourth-order valence-corrected chi connectivity index (χ4v) is 3.15. The molecule has 0 bridgehead atoms. The van der Waals surface area contributed by atoms with E-state index in [0.717, 1.165) is 18.4 Å². The van der Waals surface area contributed by atoms with Crippen molar-refractivity contribution in [2.75, 3.05) is 25.0 Å². The second kappa shape index (κ2) is 9.14. The lowest BCUT2D eigenvalue weighted by Gasteiger charge is -2.31. The van der Waals surface area contributed by atoms with E-state index in [1.807, 2.05) is 35.2 Å². The summed E-state index contributed by atoms with van der Waals surface area (Å²) in [7, 11) is 0. The van der Waals surface area contributed by atoms with E-state index in [9.17, 15) is 14.7 Å². The quantitative estimate of drug-likeness (QED) is 0.801. The Labute approximate surface area is 159 Å². The van der Waals surface area contributed by atoms with Crippen LogP contribution in [-0.4, -0.2) is 41.5 Å². The Balaban J connectivity index is 1.61. The summed E-state index contributed by atoms with van der Waals surface area (Å²) in [6, 6.07) is 16.6. The number of benzene rings is 2. The van der Waals surface area contributed by atoms with Crippen molar-refractivity contribution in [2.45, 2.75) is 12.8 Å². The van der Waals surface area contributed by atoms with Gasteiger partial charge in [-0.1, -0.05) is 36.4 Å². The third kappa shape index (κ3) is 5.28. The average Bonchev–Trinajstić information content (AvgIpc) is 2.73. The topological polar surface area (TPSA) is 69.6 Å². The number of likely N-dealkylation sites (tertiary alicyclic amines) is 1. The van der Waals surface area contributed by atoms with Gasteiger partial charge in [-0.25, -0.2) is 0 Å². The molecule has 0 unspecified atom stereocenters. The van der Waals surface area contributed by atoms with Gasteiger partial charge in [0.05, 0.1) is 0 Å². The van der Waals surface area contributed by atoms with Crippen molar-refractivity contribution in [1.82, 2.24) is 4.90 Å². The first-order chi connectivity index (χ1) is 13.2. The molecule has 1 fully saturated rings. The number of piperidine rings is 1. The smallest absolute Gasteiger partial charge is 0.253 e. The summed E-state index contributed by atoms with van der Waals surface area (Å²) in [4.78, 5) is 26.6. The number of anilines is 1.